The fourth-order valence-corrected chi connectivity index (χ4v) is 2.62. The summed E-state index contributed by atoms with van der Waals surface area (Å²) in [6.45, 7) is 11.5. The Bertz CT molecular complexity index is 389. The molecule has 0 saturated carbocycles. The van der Waals surface area contributed by atoms with Gasteiger partial charge in [0.05, 0.1) is 6.54 Å². The quantitative estimate of drug-likeness (QED) is 0.857. The van der Waals surface area contributed by atoms with E-state index in [4.69, 9.17) is 4.42 Å². The van der Waals surface area contributed by atoms with Crippen molar-refractivity contribution in [2.75, 3.05) is 18.0 Å². The lowest BCUT2D eigenvalue weighted by Gasteiger charge is -2.25. The molecule has 0 spiro atoms. The zero-order chi connectivity index (χ0) is 13.8. The van der Waals surface area contributed by atoms with Crippen LogP contribution in [0.15, 0.2) is 4.42 Å². The molecule has 108 valence electrons. The van der Waals surface area contributed by atoms with Crippen LogP contribution in [0.4, 0.5) is 6.01 Å². The molecule has 1 saturated heterocycles. The average molecular weight is 266 g/mol. The molecule has 1 aliphatic rings. The third kappa shape index (κ3) is 3.69. The summed E-state index contributed by atoms with van der Waals surface area (Å²) in [5.74, 6) is 1.94. The van der Waals surface area contributed by atoms with Crippen LogP contribution in [0, 0.1) is 11.8 Å². The van der Waals surface area contributed by atoms with Crippen molar-refractivity contribution in [3.8, 4) is 0 Å². The summed E-state index contributed by atoms with van der Waals surface area (Å²) >= 11 is 0. The first-order valence-corrected chi connectivity index (χ1v) is 7.37. The number of hydrogen-bond donors (Lipinski definition) is 1. The monoisotopic (exact) mass is 266 g/mol. The molecule has 1 atom stereocenters. The second kappa shape index (κ2) is 6.37. The Morgan fingerprint density at radius 2 is 2.11 bits per heavy atom. The van der Waals surface area contributed by atoms with E-state index in [0.29, 0.717) is 36.3 Å². The molecular formula is C14H26N4O. The number of nitrogens with zero attached hydrogens (tertiary/aromatic N) is 3. The van der Waals surface area contributed by atoms with Crippen molar-refractivity contribution in [3.63, 3.8) is 0 Å². The van der Waals surface area contributed by atoms with Gasteiger partial charge < -0.3 is 14.6 Å². The van der Waals surface area contributed by atoms with E-state index in [0.717, 1.165) is 13.1 Å². The summed E-state index contributed by atoms with van der Waals surface area (Å²) in [5, 5.41) is 11.7. The smallest absolute Gasteiger partial charge is 0.318 e. The Labute approximate surface area is 115 Å². The summed E-state index contributed by atoms with van der Waals surface area (Å²) in [6.07, 6.45) is 2.44. The van der Waals surface area contributed by atoms with E-state index in [1.165, 1.54) is 12.8 Å². The van der Waals surface area contributed by atoms with E-state index in [-0.39, 0.29) is 0 Å². The SMILES string of the molecule is CC(C)CNCc1nnc(N2CCCC2C(C)C)o1. The highest BCUT2D eigenvalue weighted by molar-refractivity contribution is 5.29. The van der Waals surface area contributed by atoms with Gasteiger partial charge in [-0.1, -0.05) is 32.8 Å². The van der Waals surface area contributed by atoms with Gasteiger partial charge in [0.1, 0.15) is 0 Å². The molecule has 19 heavy (non-hydrogen) atoms. The number of aromatic nitrogens is 2. The van der Waals surface area contributed by atoms with Crippen molar-refractivity contribution < 1.29 is 4.42 Å². The Hall–Kier alpha value is -1.10. The zero-order valence-corrected chi connectivity index (χ0v) is 12.5. The van der Waals surface area contributed by atoms with Gasteiger partial charge in [0, 0.05) is 12.6 Å². The van der Waals surface area contributed by atoms with E-state index in [2.05, 4.69) is 48.1 Å². The maximum atomic E-state index is 5.77. The average Bonchev–Trinajstić information content (AvgIpc) is 2.95. The molecule has 1 unspecified atom stereocenters. The third-order valence-electron chi connectivity index (χ3n) is 3.60. The summed E-state index contributed by atoms with van der Waals surface area (Å²) in [7, 11) is 0. The first kappa shape index (κ1) is 14.3. The molecule has 5 heteroatoms. The minimum atomic E-state index is 0.539. The highest BCUT2D eigenvalue weighted by atomic mass is 16.4. The second-order valence-corrected chi connectivity index (χ2v) is 6.15. The van der Waals surface area contributed by atoms with Gasteiger partial charge >= 0.3 is 6.01 Å². The largest absolute Gasteiger partial charge is 0.407 e. The van der Waals surface area contributed by atoms with Crippen LogP contribution >= 0.6 is 0 Å². The predicted octanol–water partition coefficient (Wildman–Crippen LogP) is 2.44. The number of hydrogen-bond acceptors (Lipinski definition) is 5. The molecule has 0 aliphatic carbocycles. The van der Waals surface area contributed by atoms with Gasteiger partial charge in [0.25, 0.3) is 0 Å². The standard InChI is InChI=1S/C14H26N4O/c1-10(2)8-15-9-13-16-17-14(19-13)18-7-5-6-12(18)11(3)4/h10-12,15H,5-9H2,1-4H3. The van der Waals surface area contributed by atoms with Crippen LogP contribution in [0.2, 0.25) is 0 Å². The molecule has 1 aliphatic heterocycles. The van der Waals surface area contributed by atoms with Crippen LogP contribution in [-0.2, 0) is 6.54 Å². The minimum absolute atomic E-state index is 0.539. The fraction of sp³-hybridized carbons (Fsp3) is 0.857. The second-order valence-electron chi connectivity index (χ2n) is 6.15. The molecule has 0 aromatic carbocycles. The highest BCUT2D eigenvalue weighted by Crippen LogP contribution is 2.28. The summed E-state index contributed by atoms with van der Waals surface area (Å²) in [4.78, 5) is 2.27. The number of rotatable bonds is 6. The lowest BCUT2D eigenvalue weighted by molar-refractivity contribution is 0.423. The van der Waals surface area contributed by atoms with Crippen molar-refractivity contribution >= 4 is 6.01 Å². The van der Waals surface area contributed by atoms with E-state index < -0.39 is 0 Å². The van der Waals surface area contributed by atoms with Gasteiger partial charge in [0.2, 0.25) is 5.89 Å². The topological polar surface area (TPSA) is 54.2 Å². The first-order chi connectivity index (χ1) is 9.08. The van der Waals surface area contributed by atoms with Crippen molar-refractivity contribution in [3.05, 3.63) is 5.89 Å². The maximum Gasteiger partial charge on any atom is 0.318 e. The molecule has 2 rings (SSSR count). The molecule has 1 fully saturated rings. The molecule has 2 heterocycles. The normalized spacial score (nSPS) is 19.9. The van der Waals surface area contributed by atoms with Crippen LogP contribution in [0.3, 0.4) is 0 Å². The molecule has 5 nitrogen and oxygen atoms in total. The lowest BCUT2D eigenvalue weighted by atomic mass is 10.0. The van der Waals surface area contributed by atoms with E-state index in [9.17, 15) is 0 Å². The van der Waals surface area contributed by atoms with E-state index in [1.54, 1.807) is 0 Å². The van der Waals surface area contributed by atoms with Gasteiger partial charge in [0.15, 0.2) is 0 Å². The summed E-state index contributed by atoms with van der Waals surface area (Å²) in [6, 6.07) is 1.23. The van der Waals surface area contributed by atoms with Gasteiger partial charge in [-0.25, -0.2) is 0 Å². The number of nitrogens with one attached hydrogen (secondary N) is 1. The fourth-order valence-electron chi connectivity index (χ4n) is 2.62. The van der Waals surface area contributed by atoms with Crippen LogP contribution < -0.4 is 10.2 Å². The Morgan fingerprint density at radius 1 is 1.32 bits per heavy atom. The van der Waals surface area contributed by atoms with Gasteiger partial charge in [-0.15, -0.1) is 5.10 Å². The Balaban J connectivity index is 1.93. The van der Waals surface area contributed by atoms with Crippen LogP contribution in [0.5, 0.6) is 0 Å². The molecular weight excluding hydrogens is 240 g/mol. The molecule has 1 N–H and O–H groups in total. The maximum absolute atomic E-state index is 5.77. The van der Waals surface area contributed by atoms with Gasteiger partial charge in [-0.2, -0.15) is 0 Å². The van der Waals surface area contributed by atoms with Crippen molar-refractivity contribution in [1.29, 1.82) is 0 Å². The highest BCUT2D eigenvalue weighted by Gasteiger charge is 2.30. The van der Waals surface area contributed by atoms with Crippen LogP contribution in [0.25, 0.3) is 0 Å². The van der Waals surface area contributed by atoms with Gasteiger partial charge in [-0.3, -0.25) is 0 Å². The minimum Gasteiger partial charge on any atom is -0.407 e. The van der Waals surface area contributed by atoms with E-state index >= 15 is 0 Å². The number of anilines is 1. The van der Waals surface area contributed by atoms with Crippen LogP contribution in [-0.4, -0.2) is 29.3 Å². The Kier molecular flexibility index (Phi) is 4.80. The molecule has 0 radical (unpaired) electrons. The Morgan fingerprint density at radius 3 is 2.79 bits per heavy atom. The summed E-state index contributed by atoms with van der Waals surface area (Å²) in [5.41, 5.74) is 0. The van der Waals surface area contributed by atoms with E-state index in [1.807, 2.05) is 0 Å². The first-order valence-electron chi connectivity index (χ1n) is 7.37. The van der Waals surface area contributed by atoms with Crippen molar-refractivity contribution in [2.45, 2.75) is 53.1 Å². The van der Waals surface area contributed by atoms with Crippen LogP contribution in [0.1, 0.15) is 46.4 Å². The molecule has 0 amide bonds. The molecule has 0 bridgehead atoms. The van der Waals surface area contributed by atoms with Gasteiger partial charge in [-0.05, 0) is 31.2 Å². The van der Waals surface area contributed by atoms with Crippen molar-refractivity contribution in [2.24, 2.45) is 11.8 Å². The van der Waals surface area contributed by atoms with Crippen molar-refractivity contribution in [1.82, 2.24) is 15.5 Å². The zero-order valence-electron chi connectivity index (χ0n) is 12.5. The molecule has 1 aromatic heterocycles. The third-order valence-corrected chi connectivity index (χ3v) is 3.60. The summed E-state index contributed by atoms with van der Waals surface area (Å²) < 4.78 is 5.77. The lowest BCUT2D eigenvalue weighted by Crippen LogP contribution is -2.33. The predicted molar refractivity (Wildman–Crippen MR) is 76.0 cm³/mol. The molecule has 1 aromatic rings.